The zero-order valence-electron chi connectivity index (χ0n) is 13.3. The second kappa shape index (κ2) is 6.24. The van der Waals surface area contributed by atoms with E-state index in [4.69, 9.17) is 5.84 Å². The number of hydrogen-bond donors (Lipinski definition) is 2. The number of aryl methyl sites for hydroxylation is 2. The highest BCUT2D eigenvalue weighted by molar-refractivity contribution is 5.14. The number of hydrogen-bond acceptors (Lipinski definition) is 4. The minimum atomic E-state index is 0.172. The van der Waals surface area contributed by atoms with Gasteiger partial charge in [-0.05, 0) is 46.9 Å². The summed E-state index contributed by atoms with van der Waals surface area (Å²) in [6.45, 7) is 5.10. The Morgan fingerprint density at radius 3 is 2.60 bits per heavy atom. The van der Waals surface area contributed by atoms with Crippen molar-refractivity contribution in [3.8, 4) is 0 Å². The fraction of sp³-hybridized carbons (Fsp3) is 0.800. The van der Waals surface area contributed by atoms with E-state index < -0.39 is 0 Å². The number of likely N-dealkylation sites (N-methyl/N-ethyl adjacent to an activating group) is 1. The molecule has 0 aromatic carbocycles. The maximum Gasteiger partial charge on any atom is 0.0596 e. The van der Waals surface area contributed by atoms with Crippen LogP contribution in [0.4, 0.5) is 0 Å². The molecule has 2 rings (SSSR count). The molecule has 1 aliphatic rings. The first-order valence-electron chi connectivity index (χ1n) is 7.70. The van der Waals surface area contributed by atoms with Crippen LogP contribution in [-0.2, 0) is 13.0 Å². The molecule has 0 spiro atoms. The van der Waals surface area contributed by atoms with Crippen LogP contribution in [0.25, 0.3) is 0 Å². The minimum Gasteiger partial charge on any atom is -0.302 e. The van der Waals surface area contributed by atoms with E-state index in [0.717, 1.165) is 18.7 Å². The van der Waals surface area contributed by atoms with Crippen molar-refractivity contribution in [3.05, 3.63) is 17.5 Å². The Hall–Kier alpha value is -0.910. The molecule has 1 fully saturated rings. The van der Waals surface area contributed by atoms with Crippen LogP contribution in [0.2, 0.25) is 0 Å². The van der Waals surface area contributed by atoms with Gasteiger partial charge in [-0.1, -0.05) is 12.8 Å². The first kappa shape index (κ1) is 15.5. The van der Waals surface area contributed by atoms with Gasteiger partial charge in [0.15, 0.2) is 0 Å². The van der Waals surface area contributed by atoms with Crippen molar-refractivity contribution >= 4 is 0 Å². The molecule has 5 heteroatoms. The third kappa shape index (κ3) is 2.75. The molecular formula is C15H29N5. The van der Waals surface area contributed by atoms with Crippen LogP contribution >= 0.6 is 0 Å². The highest BCUT2D eigenvalue weighted by atomic mass is 15.3. The van der Waals surface area contributed by atoms with E-state index in [2.05, 4.69) is 54.1 Å². The van der Waals surface area contributed by atoms with Gasteiger partial charge in [-0.15, -0.1) is 0 Å². The van der Waals surface area contributed by atoms with E-state index in [1.165, 1.54) is 31.4 Å². The Bertz CT molecular complexity index is 431. The second-order valence-corrected chi connectivity index (χ2v) is 6.22. The maximum atomic E-state index is 5.92. The molecule has 1 saturated carbocycles. The Morgan fingerprint density at radius 1 is 1.45 bits per heavy atom. The first-order chi connectivity index (χ1) is 9.53. The third-order valence-corrected chi connectivity index (χ3v) is 4.91. The van der Waals surface area contributed by atoms with Crippen LogP contribution < -0.4 is 11.3 Å². The monoisotopic (exact) mass is 279 g/mol. The number of rotatable bonds is 6. The summed E-state index contributed by atoms with van der Waals surface area (Å²) in [5.41, 5.74) is 5.63. The van der Waals surface area contributed by atoms with Crippen molar-refractivity contribution in [2.45, 2.75) is 64.1 Å². The van der Waals surface area contributed by atoms with Crippen molar-refractivity contribution in [2.24, 2.45) is 5.84 Å². The van der Waals surface area contributed by atoms with Crippen LogP contribution in [0.5, 0.6) is 0 Å². The summed E-state index contributed by atoms with van der Waals surface area (Å²) in [6.07, 6.45) is 5.95. The van der Waals surface area contributed by atoms with Crippen LogP contribution in [0.1, 0.15) is 44.0 Å². The van der Waals surface area contributed by atoms with Gasteiger partial charge >= 0.3 is 0 Å². The summed E-state index contributed by atoms with van der Waals surface area (Å²) >= 11 is 0. The Morgan fingerprint density at radius 2 is 2.10 bits per heavy atom. The highest BCUT2D eigenvalue weighted by Gasteiger charge is 2.43. The van der Waals surface area contributed by atoms with Gasteiger partial charge < -0.3 is 4.90 Å². The fourth-order valence-electron chi connectivity index (χ4n) is 3.74. The Kier molecular flexibility index (Phi) is 4.83. The van der Waals surface area contributed by atoms with E-state index in [0.29, 0.717) is 0 Å². The van der Waals surface area contributed by atoms with Crippen LogP contribution in [0.3, 0.4) is 0 Å². The molecule has 5 nitrogen and oxygen atoms in total. The van der Waals surface area contributed by atoms with Crippen molar-refractivity contribution in [2.75, 3.05) is 14.1 Å². The molecule has 0 radical (unpaired) electrons. The lowest BCUT2D eigenvalue weighted by molar-refractivity contribution is 0.103. The quantitative estimate of drug-likeness (QED) is 0.611. The number of nitrogens with zero attached hydrogens (tertiary/aromatic N) is 3. The van der Waals surface area contributed by atoms with Crippen molar-refractivity contribution in [1.29, 1.82) is 0 Å². The Balaban J connectivity index is 2.23. The first-order valence-corrected chi connectivity index (χ1v) is 7.70. The molecule has 0 aliphatic heterocycles. The molecule has 1 atom stereocenters. The maximum absolute atomic E-state index is 5.92. The largest absolute Gasteiger partial charge is 0.302 e. The topological polar surface area (TPSA) is 59.1 Å². The van der Waals surface area contributed by atoms with E-state index in [9.17, 15) is 0 Å². The SMILES string of the molecule is CCn1nc(C)cc1CC(NN)C1(N(C)C)CCCC1. The summed E-state index contributed by atoms with van der Waals surface area (Å²) in [5.74, 6) is 5.92. The molecule has 1 unspecified atom stereocenters. The highest BCUT2D eigenvalue weighted by Crippen LogP contribution is 2.37. The summed E-state index contributed by atoms with van der Waals surface area (Å²) in [5, 5.41) is 4.55. The predicted octanol–water partition coefficient (Wildman–Crippen LogP) is 1.46. The number of hydrazine groups is 1. The summed E-state index contributed by atoms with van der Waals surface area (Å²) in [7, 11) is 4.36. The molecule has 20 heavy (non-hydrogen) atoms. The lowest BCUT2D eigenvalue weighted by Crippen LogP contribution is -2.60. The smallest absolute Gasteiger partial charge is 0.0596 e. The molecule has 3 N–H and O–H groups in total. The summed E-state index contributed by atoms with van der Waals surface area (Å²) in [6, 6.07) is 2.45. The van der Waals surface area contributed by atoms with Gasteiger partial charge in [0.25, 0.3) is 0 Å². The van der Waals surface area contributed by atoms with Crippen LogP contribution in [-0.4, -0.2) is 40.4 Å². The molecular weight excluding hydrogens is 250 g/mol. The molecule has 1 aliphatic carbocycles. The van der Waals surface area contributed by atoms with Gasteiger partial charge in [0, 0.05) is 30.2 Å². The van der Waals surface area contributed by atoms with Crippen molar-refractivity contribution in [3.63, 3.8) is 0 Å². The molecule has 0 amide bonds. The van der Waals surface area contributed by atoms with Crippen LogP contribution in [0, 0.1) is 6.92 Å². The average Bonchev–Trinajstić information content (AvgIpc) is 3.03. The molecule has 1 aromatic rings. The zero-order valence-corrected chi connectivity index (χ0v) is 13.3. The van der Waals surface area contributed by atoms with E-state index in [1.807, 2.05) is 0 Å². The standard InChI is InChI=1S/C15H29N5/c1-5-20-13(10-12(2)18-20)11-14(17-16)15(19(3)4)8-6-7-9-15/h10,14,17H,5-9,11,16H2,1-4H3. The van der Waals surface area contributed by atoms with E-state index in [-0.39, 0.29) is 11.6 Å². The second-order valence-electron chi connectivity index (χ2n) is 6.22. The molecule has 1 aromatic heterocycles. The van der Waals surface area contributed by atoms with Crippen LogP contribution in [0.15, 0.2) is 6.07 Å². The van der Waals surface area contributed by atoms with Gasteiger partial charge in [-0.2, -0.15) is 5.10 Å². The fourth-order valence-corrected chi connectivity index (χ4v) is 3.74. The predicted molar refractivity (Wildman–Crippen MR) is 82.3 cm³/mol. The number of aromatic nitrogens is 2. The molecule has 0 bridgehead atoms. The molecule has 114 valence electrons. The van der Waals surface area contributed by atoms with Gasteiger partial charge in [0.1, 0.15) is 0 Å². The van der Waals surface area contributed by atoms with E-state index >= 15 is 0 Å². The number of nitrogens with two attached hydrogens (primary N) is 1. The summed E-state index contributed by atoms with van der Waals surface area (Å²) < 4.78 is 2.10. The molecule has 1 heterocycles. The normalized spacial score (nSPS) is 19.7. The zero-order chi connectivity index (χ0) is 14.8. The third-order valence-electron chi connectivity index (χ3n) is 4.91. The van der Waals surface area contributed by atoms with E-state index in [1.54, 1.807) is 0 Å². The van der Waals surface area contributed by atoms with Gasteiger partial charge in [-0.25, -0.2) is 0 Å². The van der Waals surface area contributed by atoms with Gasteiger partial charge in [0.2, 0.25) is 0 Å². The van der Waals surface area contributed by atoms with Gasteiger partial charge in [0.05, 0.1) is 5.69 Å². The van der Waals surface area contributed by atoms with Gasteiger partial charge in [-0.3, -0.25) is 16.0 Å². The summed E-state index contributed by atoms with van der Waals surface area (Å²) in [4.78, 5) is 2.37. The van der Waals surface area contributed by atoms with Crippen molar-refractivity contribution < 1.29 is 0 Å². The van der Waals surface area contributed by atoms with Crippen molar-refractivity contribution in [1.82, 2.24) is 20.1 Å². The Labute approximate surface area is 122 Å². The average molecular weight is 279 g/mol. The molecule has 0 saturated heterocycles. The number of nitrogens with one attached hydrogen (secondary N) is 1. The minimum absolute atomic E-state index is 0.172. The lowest BCUT2D eigenvalue weighted by atomic mass is 9.84. The lowest BCUT2D eigenvalue weighted by Gasteiger charge is -2.43.